The highest BCUT2D eigenvalue weighted by Crippen LogP contribution is 2.28. The highest BCUT2D eigenvalue weighted by atomic mass is 16.5. The van der Waals surface area contributed by atoms with Gasteiger partial charge in [0.2, 0.25) is 0 Å². The molecular weight excluding hydrogens is 154 g/mol. The van der Waals surface area contributed by atoms with Crippen LogP contribution in [0.4, 0.5) is 0 Å². The Kier molecular flexibility index (Phi) is 4.58. The summed E-state index contributed by atoms with van der Waals surface area (Å²) in [7, 11) is 0. The Morgan fingerprint density at radius 3 is 2.58 bits per heavy atom. The molecule has 0 heterocycles. The number of aliphatic hydroxyl groups excluding tert-OH is 1. The molecule has 12 heavy (non-hydrogen) atoms. The first kappa shape index (κ1) is 9.96. The molecule has 1 aliphatic rings. The van der Waals surface area contributed by atoms with E-state index in [-0.39, 0.29) is 12.7 Å². The molecule has 0 radical (unpaired) electrons. The number of nitrogens with two attached hydrogens (primary N) is 1. The van der Waals surface area contributed by atoms with Gasteiger partial charge in [0.05, 0.1) is 19.3 Å². The lowest BCUT2D eigenvalue weighted by molar-refractivity contribution is 0.00161. The molecule has 1 aliphatic carbocycles. The quantitative estimate of drug-likeness (QED) is 0.637. The van der Waals surface area contributed by atoms with Gasteiger partial charge in [0.1, 0.15) is 0 Å². The van der Waals surface area contributed by atoms with Crippen LogP contribution in [0.1, 0.15) is 25.7 Å². The van der Waals surface area contributed by atoms with E-state index < -0.39 is 0 Å². The standard InChI is InChI=1S/C9H19NO2/c10-7-9(12-6-5-11)8-3-1-2-4-8/h8-9,11H,1-7,10H2. The maximum absolute atomic E-state index is 8.59. The Morgan fingerprint density at radius 1 is 1.42 bits per heavy atom. The van der Waals surface area contributed by atoms with E-state index in [1.165, 1.54) is 25.7 Å². The van der Waals surface area contributed by atoms with Gasteiger partial charge in [-0.05, 0) is 18.8 Å². The average molecular weight is 173 g/mol. The first-order valence-corrected chi connectivity index (χ1v) is 4.81. The number of aliphatic hydroxyl groups is 1. The second kappa shape index (κ2) is 5.51. The summed E-state index contributed by atoms with van der Waals surface area (Å²) >= 11 is 0. The molecular formula is C9H19NO2. The van der Waals surface area contributed by atoms with Gasteiger partial charge in [-0.3, -0.25) is 0 Å². The van der Waals surface area contributed by atoms with Crippen LogP contribution >= 0.6 is 0 Å². The molecule has 3 nitrogen and oxygen atoms in total. The number of hydrogen-bond donors (Lipinski definition) is 2. The van der Waals surface area contributed by atoms with Crippen LogP contribution in [-0.2, 0) is 4.74 Å². The molecule has 1 rings (SSSR count). The molecule has 3 N–H and O–H groups in total. The zero-order valence-electron chi connectivity index (χ0n) is 7.54. The average Bonchev–Trinajstić information content (AvgIpc) is 2.59. The van der Waals surface area contributed by atoms with Gasteiger partial charge in [-0.2, -0.15) is 0 Å². The van der Waals surface area contributed by atoms with Crippen molar-refractivity contribution < 1.29 is 9.84 Å². The van der Waals surface area contributed by atoms with E-state index in [1.807, 2.05) is 0 Å². The molecule has 0 aromatic carbocycles. The lowest BCUT2D eigenvalue weighted by atomic mass is 10.0. The van der Waals surface area contributed by atoms with Gasteiger partial charge in [0.15, 0.2) is 0 Å². The second-order valence-corrected chi connectivity index (χ2v) is 3.41. The van der Waals surface area contributed by atoms with Crippen LogP contribution < -0.4 is 5.73 Å². The molecule has 0 aromatic rings. The minimum atomic E-state index is 0.100. The Balaban J connectivity index is 2.22. The van der Waals surface area contributed by atoms with E-state index in [2.05, 4.69) is 0 Å². The minimum absolute atomic E-state index is 0.100. The summed E-state index contributed by atoms with van der Waals surface area (Å²) < 4.78 is 5.45. The molecule has 0 saturated heterocycles. The maximum atomic E-state index is 8.59. The van der Waals surface area contributed by atoms with Crippen molar-refractivity contribution in [3.63, 3.8) is 0 Å². The number of rotatable bonds is 5. The van der Waals surface area contributed by atoms with Crippen molar-refractivity contribution in [2.45, 2.75) is 31.8 Å². The van der Waals surface area contributed by atoms with Crippen molar-refractivity contribution in [1.82, 2.24) is 0 Å². The number of hydrogen-bond acceptors (Lipinski definition) is 3. The lowest BCUT2D eigenvalue weighted by Gasteiger charge is -2.21. The highest BCUT2D eigenvalue weighted by molar-refractivity contribution is 4.76. The van der Waals surface area contributed by atoms with Crippen molar-refractivity contribution in [2.24, 2.45) is 11.7 Å². The van der Waals surface area contributed by atoms with E-state index in [0.29, 0.717) is 19.1 Å². The SMILES string of the molecule is NCC(OCCO)C1CCCC1. The van der Waals surface area contributed by atoms with Crippen LogP contribution in [0.5, 0.6) is 0 Å². The molecule has 1 atom stereocenters. The summed E-state index contributed by atoms with van der Waals surface area (Å²) in [6, 6.07) is 0. The Bertz CT molecular complexity index is 113. The van der Waals surface area contributed by atoms with Gasteiger partial charge < -0.3 is 15.6 Å². The fraction of sp³-hybridized carbons (Fsp3) is 1.00. The van der Waals surface area contributed by atoms with Gasteiger partial charge in [0, 0.05) is 6.54 Å². The lowest BCUT2D eigenvalue weighted by Crippen LogP contribution is -2.31. The van der Waals surface area contributed by atoms with Gasteiger partial charge in [0.25, 0.3) is 0 Å². The van der Waals surface area contributed by atoms with E-state index in [9.17, 15) is 0 Å². The van der Waals surface area contributed by atoms with Gasteiger partial charge >= 0.3 is 0 Å². The minimum Gasteiger partial charge on any atom is -0.394 e. The monoisotopic (exact) mass is 173 g/mol. The molecule has 0 aromatic heterocycles. The highest BCUT2D eigenvalue weighted by Gasteiger charge is 2.24. The summed E-state index contributed by atoms with van der Waals surface area (Å²) in [4.78, 5) is 0. The van der Waals surface area contributed by atoms with Crippen molar-refractivity contribution in [2.75, 3.05) is 19.8 Å². The van der Waals surface area contributed by atoms with Crippen LogP contribution in [0, 0.1) is 5.92 Å². The van der Waals surface area contributed by atoms with Crippen molar-refractivity contribution >= 4 is 0 Å². The summed E-state index contributed by atoms with van der Waals surface area (Å²) in [5.41, 5.74) is 5.59. The first-order valence-electron chi connectivity index (χ1n) is 4.81. The van der Waals surface area contributed by atoms with Crippen LogP contribution in [-0.4, -0.2) is 31.0 Å². The fourth-order valence-corrected chi connectivity index (χ4v) is 1.93. The van der Waals surface area contributed by atoms with Crippen molar-refractivity contribution in [1.29, 1.82) is 0 Å². The van der Waals surface area contributed by atoms with Crippen LogP contribution in [0.2, 0.25) is 0 Å². The molecule has 0 bridgehead atoms. The molecule has 1 unspecified atom stereocenters. The summed E-state index contributed by atoms with van der Waals surface area (Å²) in [5.74, 6) is 0.640. The Morgan fingerprint density at radius 2 is 2.08 bits per heavy atom. The van der Waals surface area contributed by atoms with E-state index >= 15 is 0 Å². The predicted molar refractivity (Wildman–Crippen MR) is 47.8 cm³/mol. The smallest absolute Gasteiger partial charge is 0.0726 e. The van der Waals surface area contributed by atoms with Gasteiger partial charge in [-0.1, -0.05) is 12.8 Å². The normalized spacial score (nSPS) is 21.5. The third kappa shape index (κ3) is 2.73. The summed E-state index contributed by atoms with van der Waals surface area (Å²) in [6.45, 7) is 1.12. The van der Waals surface area contributed by atoms with Crippen LogP contribution in [0.25, 0.3) is 0 Å². The van der Waals surface area contributed by atoms with Crippen LogP contribution in [0.15, 0.2) is 0 Å². The molecule has 1 saturated carbocycles. The third-order valence-electron chi connectivity index (χ3n) is 2.58. The largest absolute Gasteiger partial charge is 0.394 e. The zero-order chi connectivity index (χ0) is 8.81. The molecule has 1 fully saturated rings. The van der Waals surface area contributed by atoms with Crippen molar-refractivity contribution in [3.05, 3.63) is 0 Å². The van der Waals surface area contributed by atoms with Gasteiger partial charge in [-0.25, -0.2) is 0 Å². The van der Waals surface area contributed by atoms with Gasteiger partial charge in [-0.15, -0.1) is 0 Å². The Hall–Kier alpha value is -0.120. The molecule has 0 spiro atoms. The molecule has 0 amide bonds. The topological polar surface area (TPSA) is 55.5 Å². The molecule has 0 aliphatic heterocycles. The van der Waals surface area contributed by atoms with E-state index in [4.69, 9.17) is 15.6 Å². The van der Waals surface area contributed by atoms with Crippen LogP contribution in [0.3, 0.4) is 0 Å². The van der Waals surface area contributed by atoms with E-state index in [1.54, 1.807) is 0 Å². The summed E-state index contributed by atoms with van der Waals surface area (Å²) in [5, 5.41) is 8.59. The third-order valence-corrected chi connectivity index (χ3v) is 2.58. The predicted octanol–water partition coefficient (Wildman–Crippen LogP) is 0.513. The van der Waals surface area contributed by atoms with E-state index in [0.717, 1.165) is 0 Å². The first-order chi connectivity index (χ1) is 5.88. The molecule has 72 valence electrons. The second-order valence-electron chi connectivity index (χ2n) is 3.41. The number of ether oxygens (including phenoxy) is 1. The fourth-order valence-electron chi connectivity index (χ4n) is 1.93. The zero-order valence-corrected chi connectivity index (χ0v) is 7.54. The summed E-state index contributed by atoms with van der Waals surface area (Å²) in [6.07, 6.45) is 5.29. The molecule has 3 heteroatoms. The maximum Gasteiger partial charge on any atom is 0.0726 e. The Labute approximate surface area is 73.9 Å². The van der Waals surface area contributed by atoms with Crippen molar-refractivity contribution in [3.8, 4) is 0 Å².